The zero-order chi connectivity index (χ0) is 18.0. The summed E-state index contributed by atoms with van der Waals surface area (Å²) in [7, 11) is 2.10. The molecule has 0 fully saturated rings. The maximum absolute atomic E-state index is 5.85. The number of hydrogen-bond acceptors (Lipinski definition) is 5. The molecule has 6 nitrogen and oxygen atoms in total. The van der Waals surface area contributed by atoms with Crippen molar-refractivity contribution in [1.82, 2.24) is 25.1 Å². The lowest BCUT2D eigenvalue weighted by Crippen LogP contribution is -2.25. The normalized spacial score (nSPS) is 11.0. The zero-order valence-electron chi connectivity index (χ0n) is 15.2. The van der Waals surface area contributed by atoms with Gasteiger partial charge in [0.25, 0.3) is 0 Å². The lowest BCUT2D eigenvalue weighted by atomic mass is 10.1. The molecule has 1 aromatic heterocycles. The summed E-state index contributed by atoms with van der Waals surface area (Å²) in [4.78, 5) is 2.26. The first-order chi connectivity index (χ1) is 12.8. The maximum Gasteiger partial charge on any atom is 0.138 e. The van der Waals surface area contributed by atoms with E-state index >= 15 is 0 Å². The Kier molecular flexibility index (Phi) is 6.73. The van der Waals surface area contributed by atoms with Gasteiger partial charge in [-0.25, -0.2) is 4.68 Å². The molecule has 0 saturated heterocycles. The smallest absolute Gasteiger partial charge is 0.138 e. The van der Waals surface area contributed by atoms with Gasteiger partial charge in [0, 0.05) is 13.1 Å². The van der Waals surface area contributed by atoms with Crippen molar-refractivity contribution in [1.29, 1.82) is 0 Å². The molecule has 0 aliphatic rings. The molecular formula is C20H25N5O. The topological polar surface area (TPSA) is 56.1 Å². The highest BCUT2D eigenvalue weighted by Gasteiger charge is 2.01. The zero-order valence-corrected chi connectivity index (χ0v) is 15.2. The Morgan fingerprint density at radius 1 is 0.962 bits per heavy atom. The minimum absolute atomic E-state index is 0.716. The molecule has 6 heteroatoms. The predicted octanol–water partition coefficient (Wildman–Crippen LogP) is 2.66. The summed E-state index contributed by atoms with van der Waals surface area (Å²) in [5, 5.41) is 11.1. The van der Waals surface area contributed by atoms with Gasteiger partial charge in [0.05, 0.1) is 13.2 Å². The molecule has 0 spiro atoms. The summed E-state index contributed by atoms with van der Waals surface area (Å²) in [5.74, 6) is 0.929. The highest BCUT2D eigenvalue weighted by molar-refractivity contribution is 5.31. The van der Waals surface area contributed by atoms with Gasteiger partial charge in [-0.05, 0) is 53.6 Å². The van der Waals surface area contributed by atoms with Gasteiger partial charge in [0.1, 0.15) is 12.1 Å². The highest BCUT2D eigenvalue weighted by Crippen LogP contribution is 2.15. The van der Waals surface area contributed by atoms with E-state index in [2.05, 4.69) is 76.0 Å². The molecule has 3 aromatic rings. The molecule has 3 rings (SSSR count). The van der Waals surface area contributed by atoms with Crippen LogP contribution in [0, 0.1) is 0 Å². The molecule has 0 unspecified atom stereocenters. The van der Waals surface area contributed by atoms with Crippen molar-refractivity contribution in [3.8, 4) is 5.75 Å². The van der Waals surface area contributed by atoms with Crippen LogP contribution >= 0.6 is 0 Å². The minimum Gasteiger partial charge on any atom is -0.494 e. The SMILES string of the molecule is CN(CCCOc1ccc(Cc2ccccc2)cc1)CCn1cnnn1. The first-order valence-corrected chi connectivity index (χ1v) is 8.94. The average Bonchev–Trinajstić information content (AvgIpc) is 3.19. The third-order valence-electron chi connectivity index (χ3n) is 4.23. The molecular weight excluding hydrogens is 326 g/mol. The van der Waals surface area contributed by atoms with E-state index in [0.717, 1.165) is 38.2 Å². The lowest BCUT2D eigenvalue weighted by Gasteiger charge is -2.16. The molecule has 0 radical (unpaired) electrons. The van der Waals surface area contributed by atoms with Crippen molar-refractivity contribution in [3.05, 3.63) is 72.1 Å². The van der Waals surface area contributed by atoms with Gasteiger partial charge in [-0.2, -0.15) is 0 Å². The molecule has 136 valence electrons. The number of nitrogens with zero attached hydrogens (tertiary/aromatic N) is 5. The van der Waals surface area contributed by atoms with E-state index in [0.29, 0.717) is 6.61 Å². The summed E-state index contributed by atoms with van der Waals surface area (Å²) in [5.41, 5.74) is 2.62. The van der Waals surface area contributed by atoms with Crippen molar-refractivity contribution in [2.75, 3.05) is 26.7 Å². The van der Waals surface area contributed by atoms with Gasteiger partial charge in [0.15, 0.2) is 0 Å². The molecule has 0 saturated carbocycles. The standard InChI is InChI=1S/C20H25N5O/c1-24(13-14-25-17-21-22-23-25)12-5-15-26-20-10-8-19(9-11-20)16-18-6-3-2-4-7-18/h2-4,6-11,17H,5,12-16H2,1H3. The van der Waals surface area contributed by atoms with Crippen LogP contribution in [-0.2, 0) is 13.0 Å². The van der Waals surface area contributed by atoms with E-state index in [1.54, 1.807) is 11.0 Å². The van der Waals surface area contributed by atoms with Gasteiger partial charge < -0.3 is 9.64 Å². The lowest BCUT2D eigenvalue weighted by molar-refractivity contribution is 0.255. The van der Waals surface area contributed by atoms with Crippen LogP contribution in [0.25, 0.3) is 0 Å². The number of rotatable bonds is 10. The van der Waals surface area contributed by atoms with E-state index < -0.39 is 0 Å². The molecule has 0 aliphatic carbocycles. The monoisotopic (exact) mass is 351 g/mol. The minimum atomic E-state index is 0.716. The molecule has 0 atom stereocenters. The van der Waals surface area contributed by atoms with Crippen LogP contribution in [0.15, 0.2) is 60.9 Å². The Balaban J connectivity index is 1.33. The largest absolute Gasteiger partial charge is 0.494 e. The Bertz CT molecular complexity index is 744. The van der Waals surface area contributed by atoms with Crippen LogP contribution in [0.5, 0.6) is 5.75 Å². The predicted molar refractivity (Wildman–Crippen MR) is 101 cm³/mol. The Morgan fingerprint density at radius 3 is 2.46 bits per heavy atom. The van der Waals surface area contributed by atoms with Crippen LogP contribution < -0.4 is 4.74 Å². The summed E-state index contributed by atoms with van der Waals surface area (Å²) >= 11 is 0. The fourth-order valence-corrected chi connectivity index (χ4v) is 2.73. The quantitative estimate of drug-likeness (QED) is 0.526. The number of likely N-dealkylation sites (N-methyl/N-ethyl adjacent to an activating group) is 1. The van der Waals surface area contributed by atoms with Gasteiger partial charge in [-0.3, -0.25) is 0 Å². The molecule has 0 N–H and O–H groups in total. The number of ether oxygens (including phenoxy) is 1. The summed E-state index contributed by atoms with van der Waals surface area (Å²) < 4.78 is 7.59. The van der Waals surface area contributed by atoms with Gasteiger partial charge >= 0.3 is 0 Å². The van der Waals surface area contributed by atoms with E-state index in [1.165, 1.54) is 11.1 Å². The summed E-state index contributed by atoms with van der Waals surface area (Å²) in [6.45, 7) is 3.41. The molecule has 0 bridgehead atoms. The number of hydrogen-bond donors (Lipinski definition) is 0. The van der Waals surface area contributed by atoms with Crippen LogP contribution in [-0.4, -0.2) is 51.9 Å². The highest BCUT2D eigenvalue weighted by atomic mass is 16.5. The number of aromatic nitrogens is 4. The third kappa shape index (κ3) is 5.97. The molecule has 0 aliphatic heterocycles. The van der Waals surface area contributed by atoms with Crippen LogP contribution in [0.3, 0.4) is 0 Å². The van der Waals surface area contributed by atoms with Crippen molar-refractivity contribution in [2.45, 2.75) is 19.4 Å². The average molecular weight is 351 g/mol. The van der Waals surface area contributed by atoms with Gasteiger partial charge in [0.2, 0.25) is 0 Å². The first kappa shape index (κ1) is 18.1. The van der Waals surface area contributed by atoms with Crippen molar-refractivity contribution < 1.29 is 4.74 Å². The van der Waals surface area contributed by atoms with E-state index in [4.69, 9.17) is 4.74 Å². The molecule has 0 amide bonds. The van der Waals surface area contributed by atoms with E-state index in [-0.39, 0.29) is 0 Å². The van der Waals surface area contributed by atoms with Crippen molar-refractivity contribution >= 4 is 0 Å². The fraction of sp³-hybridized carbons (Fsp3) is 0.350. The van der Waals surface area contributed by atoms with E-state index in [9.17, 15) is 0 Å². The van der Waals surface area contributed by atoms with E-state index in [1.807, 2.05) is 6.07 Å². The fourth-order valence-electron chi connectivity index (χ4n) is 2.73. The molecule has 2 aromatic carbocycles. The second kappa shape index (κ2) is 9.68. The molecule has 26 heavy (non-hydrogen) atoms. The second-order valence-corrected chi connectivity index (χ2v) is 6.38. The van der Waals surface area contributed by atoms with Crippen molar-refractivity contribution in [3.63, 3.8) is 0 Å². The van der Waals surface area contributed by atoms with Crippen LogP contribution in [0.1, 0.15) is 17.5 Å². The first-order valence-electron chi connectivity index (χ1n) is 8.94. The summed E-state index contributed by atoms with van der Waals surface area (Å²) in [6.07, 6.45) is 3.57. The molecule has 1 heterocycles. The number of benzene rings is 2. The van der Waals surface area contributed by atoms with Crippen LogP contribution in [0.2, 0.25) is 0 Å². The third-order valence-corrected chi connectivity index (χ3v) is 4.23. The second-order valence-electron chi connectivity index (χ2n) is 6.38. The maximum atomic E-state index is 5.85. The van der Waals surface area contributed by atoms with Gasteiger partial charge in [-0.15, -0.1) is 5.10 Å². The van der Waals surface area contributed by atoms with Crippen LogP contribution in [0.4, 0.5) is 0 Å². The Labute approximate surface area is 154 Å². The summed E-state index contributed by atoms with van der Waals surface area (Å²) in [6, 6.07) is 18.9. The Hall–Kier alpha value is -2.73. The Morgan fingerprint density at radius 2 is 1.73 bits per heavy atom. The van der Waals surface area contributed by atoms with Gasteiger partial charge in [-0.1, -0.05) is 42.5 Å². The number of tetrazole rings is 1. The van der Waals surface area contributed by atoms with Crippen molar-refractivity contribution in [2.24, 2.45) is 0 Å².